The third-order valence-electron chi connectivity index (χ3n) is 1.64. The van der Waals surface area contributed by atoms with E-state index in [-0.39, 0.29) is 0 Å². The van der Waals surface area contributed by atoms with Gasteiger partial charge in [0.15, 0.2) is 0 Å². The number of halogens is 2. The molecule has 0 unspecified atom stereocenters. The zero-order valence-electron chi connectivity index (χ0n) is 7.30. The summed E-state index contributed by atoms with van der Waals surface area (Å²) in [4.78, 5) is 0. The second-order valence-electron chi connectivity index (χ2n) is 2.69. The molecule has 0 saturated heterocycles. The van der Waals surface area contributed by atoms with Gasteiger partial charge in [-0.05, 0) is 18.1 Å². The number of hydrogen-bond acceptors (Lipinski definition) is 1. The molecule has 0 aliphatic heterocycles. The number of benzene rings is 1. The van der Waals surface area contributed by atoms with Gasteiger partial charge in [-0.15, -0.1) is 0 Å². The van der Waals surface area contributed by atoms with Crippen LogP contribution >= 0.6 is 38.5 Å². The number of alkyl halides is 1. The number of ether oxygens (including phenoxy) is 1. The Labute approximate surface area is 101 Å². The Morgan fingerprint density at radius 2 is 2.08 bits per heavy atom. The molecule has 0 fully saturated rings. The van der Waals surface area contributed by atoms with Gasteiger partial charge in [-0.3, -0.25) is 0 Å². The van der Waals surface area contributed by atoms with Crippen molar-refractivity contribution in [2.45, 2.75) is 13.0 Å². The van der Waals surface area contributed by atoms with Gasteiger partial charge in [-0.25, -0.2) is 0 Å². The summed E-state index contributed by atoms with van der Waals surface area (Å²) in [5.74, 6) is 0. The van der Waals surface area contributed by atoms with E-state index >= 15 is 0 Å². The van der Waals surface area contributed by atoms with Crippen molar-refractivity contribution in [3.63, 3.8) is 0 Å². The molecule has 1 aromatic rings. The van der Waals surface area contributed by atoms with Crippen molar-refractivity contribution < 1.29 is 4.74 Å². The Kier molecular flexibility index (Phi) is 5.98. The third-order valence-corrected chi connectivity index (χ3v) is 3.17. The van der Waals surface area contributed by atoms with Crippen molar-refractivity contribution in [1.29, 1.82) is 0 Å². The van der Waals surface area contributed by atoms with Crippen LogP contribution in [0.25, 0.3) is 0 Å². The van der Waals surface area contributed by atoms with Crippen molar-refractivity contribution in [2.75, 3.05) is 11.0 Å². The van der Waals surface area contributed by atoms with E-state index in [1.54, 1.807) is 0 Å². The molecule has 1 aromatic carbocycles. The lowest BCUT2D eigenvalue weighted by atomic mass is 10.2. The Morgan fingerprint density at radius 1 is 1.31 bits per heavy atom. The van der Waals surface area contributed by atoms with Gasteiger partial charge in [-0.1, -0.05) is 56.7 Å². The summed E-state index contributed by atoms with van der Waals surface area (Å²) in [6, 6.07) is 8.16. The predicted octanol–water partition coefficient (Wildman–Crippen LogP) is 3.79. The first kappa shape index (κ1) is 11.5. The highest BCUT2D eigenvalue weighted by Crippen LogP contribution is 2.16. The van der Waals surface area contributed by atoms with Crippen LogP contribution in [0.2, 0.25) is 0 Å². The number of hydrogen-bond donors (Lipinski definition) is 0. The summed E-state index contributed by atoms with van der Waals surface area (Å²) in [5.41, 5.74) is 1.22. The van der Waals surface area contributed by atoms with Crippen molar-refractivity contribution in [3.8, 4) is 0 Å². The van der Waals surface area contributed by atoms with Crippen LogP contribution < -0.4 is 0 Å². The van der Waals surface area contributed by atoms with Crippen LogP contribution in [0.4, 0.5) is 0 Å². The fourth-order valence-corrected chi connectivity index (χ4v) is 1.66. The predicted molar refractivity (Wildman–Crippen MR) is 67.3 cm³/mol. The molecule has 0 atom stereocenters. The molecule has 0 N–H and O–H groups in total. The standard InChI is InChI=1S/C10H12BrIO/c11-10-5-2-1-4-9(10)8-13-7-3-6-12/h1-2,4-5H,3,6-8H2. The molecule has 13 heavy (non-hydrogen) atoms. The van der Waals surface area contributed by atoms with E-state index in [1.165, 1.54) is 5.56 Å². The first-order valence-corrected chi connectivity index (χ1v) is 6.53. The normalized spacial score (nSPS) is 10.3. The summed E-state index contributed by atoms with van der Waals surface area (Å²) in [6.45, 7) is 1.56. The molecule has 0 saturated carbocycles. The van der Waals surface area contributed by atoms with Crippen molar-refractivity contribution in [3.05, 3.63) is 34.3 Å². The fourth-order valence-electron chi connectivity index (χ4n) is 0.954. The number of rotatable bonds is 5. The van der Waals surface area contributed by atoms with Gasteiger partial charge in [0.1, 0.15) is 0 Å². The van der Waals surface area contributed by atoms with E-state index in [1.807, 2.05) is 18.2 Å². The first-order chi connectivity index (χ1) is 6.34. The summed E-state index contributed by atoms with van der Waals surface area (Å²) in [5, 5.41) is 0. The van der Waals surface area contributed by atoms with Crippen LogP contribution in [0.15, 0.2) is 28.7 Å². The molecule has 0 aliphatic carbocycles. The minimum atomic E-state index is 0.706. The van der Waals surface area contributed by atoms with Gasteiger partial charge in [0.2, 0.25) is 0 Å². The molecule has 0 amide bonds. The van der Waals surface area contributed by atoms with Crippen LogP contribution in [0.1, 0.15) is 12.0 Å². The second kappa shape index (κ2) is 6.79. The molecular formula is C10H12BrIO. The molecule has 0 spiro atoms. The molecular weight excluding hydrogens is 343 g/mol. The molecule has 0 aromatic heterocycles. The summed E-state index contributed by atoms with van der Waals surface area (Å²) >= 11 is 5.84. The average Bonchev–Trinajstić information content (AvgIpc) is 2.15. The fraction of sp³-hybridized carbons (Fsp3) is 0.400. The van der Waals surface area contributed by atoms with E-state index in [0.29, 0.717) is 6.61 Å². The Bertz CT molecular complexity index is 252. The quantitative estimate of drug-likeness (QED) is 0.444. The molecule has 0 radical (unpaired) electrons. The van der Waals surface area contributed by atoms with Crippen LogP contribution in [-0.2, 0) is 11.3 Å². The van der Waals surface area contributed by atoms with Gasteiger partial charge < -0.3 is 4.74 Å². The maximum Gasteiger partial charge on any atom is 0.0727 e. The highest BCUT2D eigenvalue weighted by atomic mass is 127. The minimum Gasteiger partial charge on any atom is -0.377 e. The van der Waals surface area contributed by atoms with E-state index in [2.05, 4.69) is 44.6 Å². The maximum absolute atomic E-state index is 5.51. The van der Waals surface area contributed by atoms with E-state index in [4.69, 9.17) is 4.74 Å². The molecule has 0 bridgehead atoms. The van der Waals surface area contributed by atoms with Gasteiger partial charge in [-0.2, -0.15) is 0 Å². The van der Waals surface area contributed by atoms with E-state index < -0.39 is 0 Å². The summed E-state index contributed by atoms with van der Waals surface area (Å²) in [6.07, 6.45) is 1.13. The van der Waals surface area contributed by atoms with Crippen molar-refractivity contribution in [2.24, 2.45) is 0 Å². The molecule has 0 aliphatic rings. The lowest BCUT2D eigenvalue weighted by molar-refractivity contribution is 0.122. The monoisotopic (exact) mass is 354 g/mol. The molecule has 0 heterocycles. The lowest BCUT2D eigenvalue weighted by Gasteiger charge is -2.04. The smallest absolute Gasteiger partial charge is 0.0727 e. The van der Waals surface area contributed by atoms with Crippen LogP contribution in [-0.4, -0.2) is 11.0 Å². The van der Waals surface area contributed by atoms with Gasteiger partial charge in [0, 0.05) is 15.5 Å². The second-order valence-corrected chi connectivity index (χ2v) is 4.62. The average molecular weight is 355 g/mol. The summed E-state index contributed by atoms with van der Waals surface area (Å²) in [7, 11) is 0. The molecule has 3 heteroatoms. The largest absolute Gasteiger partial charge is 0.377 e. The van der Waals surface area contributed by atoms with Gasteiger partial charge in [0.05, 0.1) is 6.61 Å². The molecule has 1 rings (SSSR count). The van der Waals surface area contributed by atoms with Gasteiger partial charge in [0.25, 0.3) is 0 Å². The SMILES string of the molecule is Brc1ccccc1COCCCI. The van der Waals surface area contributed by atoms with Gasteiger partial charge >= 0.3 is 0 Å². The Morgan fingerprint density at radius 3 is 2.77 bits per heavy atom. The van der Waals surface area contributed by atoms with Crippen molar-refractivity contribution in [1.82, 2.24) is 0 Å². The topological polar surface area (TPSA) is 9.23 Å². The first-order valence-electron chi connectivity index (χ1n) is 4.21. The maximum atomic E-state index is 5.51. The molecule has 72 valence electrons. The van der Waals surface area contributed by atoms with E-state index in [9.17, 15) is 0 Å². The highest BCUT2D eigenvalue weighted by molar-refractivity contribution is 14.1. The Hall–Kier alpha value is 0.390. The van der Waals surface area contributed by atoms with Crippen LogP contribution in [0.5, 0.6) is 0 Å². The highest BCUT2D eigenvalue weighted by Gasteiger charge is 1.97. The van der Waals surface area contributed by atoms with Crippen molar-refractivity contribution >= 4 is 38.5 Å². The lowest BCUT2D eigenvalue weighted by Crippen LogP contribution is -1.96. The van der Waals surface area contributed by atoms with Crippen LogP contribution in [0, 0.1) is 0 Å². The van der Waals surface area contributed by atoms with Crippen LogP contribution in [0.3, 0.4) is 0 Å². The third kappa shape index (κ3) is 4.42. The zero-order valence-corrected chi connectivity index (χ0v) is 11.0. The van der Waals surface area contributed by atoms with E-state index in [0.717, 1.165) is 21.9 Å². The Balaban J connectivity index is 2.32. The minimum absolute atomic E-state index is 0.706. The summed E-state index contributed by atoms with van der Waals surface area (Å²) < 4.78 is 7.80. The zero-order chi connectivity index (χ0) is 9.52. The molecule has 1 nitrogen and oxygen atoms in total.